The number of imidazole rings is 1. The number of hydrogen-bond acceptors (Lipinski definition) is 7. The molecule has 0 unspecified atom stereocenters. The number of aromatic nitrogens is 4. The molecule has 7 rings (SSSR count). The first-order valence-corrected chi connectivity index (χ1v) is 18.4. The van der Waals surface area contributed by atoms with Crippen LogP contribution in [0.5, 0.6) is 17.4 Å². The Morgan fingerprint density at radius 1 is 0.922 bits per heavy atom. The molecule has 1 N–H and O–H groups in total. The summed E-state index contributed by atoms with van der Waals surface area (Å²) in [5.74, 6) is 3.46. The van der Waals surface area contributed by atoms with Gasteiger partial charge in [-0.05, 0) is 88.1 Å². The third-order valence-electron chi connectivity index (χ3n) is 10.2. The van der Waals surface area contributed by atoms with Crippen molar-refractivity contribution in [2.24, 2.45) is 5.92 Å². The van der Waals surface area contributed by atoms with E-state index in [0.717, 1.165) is 72.7 Å². The van der Waals surface area contributed by atoms with Gasteiger partial charge in [0.2, 0.25) is 11.8 Å². The molecule has 1 saturated heterocycles. The maximum absolute atomic E-state index is 12.9. The second-order valence-corrected chi connectivity index (χ2v) is 13.8. The lowest BCUT2D eigenvalue weighted by atomic mass is 9.82. The summed E-state index contributed by atoms with van der Waals surface area (Å²) in [7, 11) is 3.28. The molecular formula is C41H51N5O5. The molecule has 10 heteroatoms. The molecule has 4 heterocycles. The first-order chi connectivity index (χ1) is 24.7. The average molecular weight is 694 g/mol. The van der Waals surface area contributed by atoms with E-state index in [0.29, 0.717) is 36.5 Å². The minimum atomic E-state index is -0.00832. The molecule has 2 atom stereocenters. The first-order valence-electron chi connectivity index (χ1n) is 18.4. The van der Waals surface area contributed by atoms with Gasteiger partial charge in [-0.25, -0.2) is 4.98 Å². The fourth-order valence-corrected chi connectivity index (χ4v) is 7.58. The van der Waals surface area contributed by atoms with Gasteiger partial charge in [-0.3, -0.25) is 14.0 Å². The quantitative estimate of drug-likeness (QED) is 0.166. The maximum atomic E-state index is 12.9. The van der Waals surface area contributed by atoms with Crippen molar-refractivity contribution < 1.29 is 19.0 Å². The van der Waals surface area contributed by atoms with Gasteiger partial charge in [-0.15, -0.1) is 0 Å². The van der Waals surface area contributed by atoms with Crippen molar-refractivity contribution in [3.8, 4) is 17.4 Å². The number of hydrogen-bond donors (Lipinski definition) is 1. The van der Waals surface area contributed by atoms with Crippen molar-refractivity contribution in [2.75, 3.05) is 20.8 Å². The smallest absolute Gasteiger partial charge is 0.277 e. The molecule has 2 aromatic carbocycles. The largest absolute Gasteiger partial charge is 0.493 e. The average Bonchev–Trinajstić information content (AvgIpc) is 3.78. The van der Waals surface area contributed by atoms with Crippen LogP contribution in [0.1, 0.15) is 86.5 Å². The summed E-state index contributed by atoms with van der Waals surface area (Å²) in [5.41, 5.74) is 6.56. The van der Waals surface area contributed by atoms with E-state index in [1.807, 2.05) is 30.4 Å². The van der Waals surface area contributed by atoms with E-state index in [-0.39, 0.29) is 17.4 Å². The molecule has 1 saturated carbocycles. The van der Waals surface area contributed by atoms with Crippen molar-refractivity contribution >= 4 is 22.6 Å². The van der Waals surface area contributed by atoms with E-state index < -0.39 is 0 Å². The molecule has 270 valence electrons. The van der Waals surface area contributed by atoms with Crippen molar-refractivity contribution in [1.82, 2.24) is 24.3 Å². The third-order valence-corrected chi connectivity index (χ3v) is 10.2. The zero-order valence-electron chi connectivity index (χ0n) is 30.8. The number of amides is 1. The van der Waals surface area contributed by atoms with Crippen LogP contribution in [0.15, 0.2) is 59.4 Å². The molecular weight excluding hydrogens is 642 g/mol. The number of fused-ring (bicyclic) bond motifs is 3. The number of aryl methyl sites for hydroxylation is 4. The normalized spacial score (nSPS) is 17.6. The summed E-state index contributed by atoms with van der Waals surface area (Å²) >= 11 is 0. The molecule has 0 bridgehead atoms. The van der Waals surface area contributed by atoms with Crippen LogP contribution in [0.2, 0.25) is 0 Å². The van der Waals surface area contributed by atoms with Gasteiger partial charge in [0.1, 0.15) is 11.3 Å². The number of rotatable bonds is 10. The van der Waals surface area contributed by atoms with Crippen LogP contribution >= 0.6 is 0 Å². The minimum absolute atomic E-state index is 0.00291. The molecule has 1 aliphatic carbocycles. The highest BCUT2D eigenvalue weighted by Gasteiger charge is 2.30. The molecule has 2 fully saturated rings. The van der Waals surface area contributed by atoms with Crippen molar-refractivity contribution in [1.29, 1.82) is 0 Å². The molecule has 0 spiro atoms. The number of methoxy groups -OCH3 is 2. The second-order valence-electron chi connectivity index (χ2n) is 13.8. The van der Waals surface area contributed by atoms with Crippen LogP contribution in [0.25, 0.3) is 16.7 Å². The van der Waals surface area contributed by atoms with Gasteiger partial charge in [0, 0.05) is 37.4 Å². The third kappa shape index (κ3) is 7.75. The lowest BCUT2D eigenvalue weighted by molar-refractivity contribution is -0.126. The van der Waals surface area contributed by atoms with Crippen LogP contribution < -0.4 is 25.1 Å². The SMILES string of the molecule is CCCn1c(=O)c2c(C)nc(CC)n2c2nc(OC)ccc21.COc1ccc([C@H]2CNC(=O)[C@H](Cc3cccc(C)c3)C2)cc1OC1CCCC1. The van der Waals surface area contributed by atoms with E-state index in [1.54, 1.807) is 24.9 Å². The molecule has 5 aromatic rings. The van der Waals surface area contributed by atoms with Crippen LogP contribution in [0, 0.1) is 19.8 Å². The van der Waals surface area contributed by atoms with Crippen LogP contribution in [-0.4, -0.2) is 51.7 Å². The van der Waals surface area contributed by atoms with E-state index >= 15 is 0 Å². The number of nitrogens with zero attached hydrogens (tertiary/aromatic N) is 4. The highest BCUT2D eigenvalue weighted by atomic mass is 16.5. The number of benzene rings is 2. The lowest BCUT2D eigenvalue weighted by Crippen LogP contribution is -2.41. The Hall–Kier alpha value is -4.86. The summed E-state index contributed by atoms with van der Waals surface area (Å²) < 4.78 is 20.7. The molecule has 1 amide bonds. The molecule has 0 radical (unpaired) electrons. The second kappa shape index (κ2) is 16.0. The number of piperidine rings is 1. The zero-order valence-corrected chi connectivity index (χ0v) is 30.8. The maximum Gasteiger partial charge on any atom is 0.277 e. The van der Waals surface area contributed by atoms with Gasteiger partial charge in [0.05, 0.1) is 31.5 Å². The summed E-state index contributed by atoms with van der Waals surface area (Å²) in [6.45, 7) is 9.39. The Labute approximate surface area is 300 Å². The van der Waals surface area contributed by atoms with Gasteiger partial charge in [0.25, 0.3) is 5.56 Å². The van der Waals surface area contributed by atoms with Gasteiger partial charge in [-0.1, -0.05) is 49.7 Å². The Morgan fingerprint density at radius 2 is 1.73 bits per heavy atom. The molecule has 1 aliphatic heterocycles. The van der Waals surface area contributed by atoms with Gasteiger partial charge in [0.15, 0.2) is 17.1 Å². The Kier molecular flexibility index (Phi) is 11.3. The van der Waals surface area contributed by atoms with Crippen molar-refractivity contribution in [3.05, 3.63) is 93.2 Å². The summed E-state index contributed by atoms with van der Waals surface area (Å²) in [6.07, 6.45) is 8.26. The number of carbonyl (C=O) groups is 1. The van der Waals surface area contributed by atoms with E-state index in [4.69, 9.17) is 14.2 Å². The summed E-state index contributed by atoms with van der Waals surface area (Å²) in [6, 6.07) is 18.4. The summed E-state index contributed by atoms with van der Waals surface area (Å²) in [5, 5.41) is 3.13. The summed E-state index contributed by atoms with van der Waals surface area (Å²) in [4.78, 5) is 34.5. The predicted octanol–water partition coefficient (Wildman–Crippen LogP) is 7.12. The minimum Gasteiger partial charge on any atom is -0.493 e. The number of nitrogens with one attached hydrogen (secondary N) is 1. The van der Waals surface area contributed by atoms with Gasteiger partial charge < -0.3 is 24.1 Å². The number of pyridine rings is 1. The molecule has 10 nitrogen and oxygen atoms in total. The Balaban J connectivity index is 0.000000183. The number of carbonyl (C=O) groups excluding carboxylic acids is 1. The highest BCUT2D eigenvalue weighted by Crippen LogP contribution is 2.37. The van der Waals surface area contributed by atoms with Crippen LogP contribution in [-0.2, 0) is 24.2 Å². The Morgan fingerprint density at radius 3 is 2.43 bits per heavy atom. The monoisotopic (exact) mass is 693 g/mol. The van der Waals surface area contributed by atoms with Crippen molar-refractivity contribution in [3.63, 3.8) is 0 Å². The Bertz CT molecular complexity index is 2060. The molecule has 3 aromatic heterocycles. The lowest BCUT2D eigenvalue weighted by Gasteiger charge is -2.30. The van der Waals surface area contributed by atoms with E-state index in [2.05, 4.69) is 65.5 Å². The highest BCUT2D eigenvalue weighted by molar-refractivity contribution is 5.80. The standard InChI is InChI=1S/C25H31NO3.C16H20N4O2/c1-17-6-5-7-18(12-17)13-20-14-21(16-26-25(20)27)19-10-11-23(28-2)24(15-19)29-22-8-3-4-9-22;1-5-9-19-11-7-8-13(22-4)18-15(11)20-12(6-2)17-10(3)14(20)16(19)21/h5-7,10-12,15,20-22H,3-4,8-9,13-14,16H2,1-2H3,(H,26,27);7-8H,5-6,9H2,1-4H3/t20-,21-;/m1./s1. The van der Waals surface area contributed by atoms with Crippen molar-refractivity contribution in [2.45, 2.75) is 97.6 Å². The van der Waals surface area contributed by atoms with Crippen LogP contribution in [0.3, 0.4) is 0 Å². The fraction of sp³-hybridized carbons (Fsp3) is 0.463. The first kappa shape index (κ1) is 35.9. The fourth-order valence-electron chi connectivity index (χ4n) is 7.58. The van der Waals surface area contributed by atoms with Crippen LogP contribution in [0.4, 0.5) is 0 Å². The van der Waals surface area contributed by atoms with Gasteiger partial charge >= 0.3 is 0 Å². The van der Waals surface area contributed by atoms with Gasteiger partial charge in [-0.2, -0.15) is 4.98 Å². The molecule has 51 heavy (non-hydrogen) atoms. The van der Waals surface area contributed by atoms with E-state index in [9.17, 15) is 9.59 Å². The topological polar surface area (TPSA) is 109 Å². The number of ether oxygens (including phenoxy) is 3. The predicted molar refractivity (Wildman–Crippen MR) is 200 cm³/mol. The van der Waals surface area contributed by atoms with E-state index in [1.165, 1.54) is 29.5 Å². The molecule has 2 aliphatic rings. The zero-order chi connectivity index (χ0) is 36.1.